The average Bonchev–Trinajstić information content (AvgIpc) is 2.90. The second-order valence-corrected chi connectivity index (χ2v) is 9.85. The molecule has 2 aromatic carbocycles. The molecule has 0 spiro atoms. The van der Waals surface area contributed by atoms with Crippen molar-refractivity contribution in [2.75, 3.05) is 90.8 Å². The average molecular weight is 644 g/mol. The topological polar surface area (TPSA) is 56.3 Å². The van der Waals surface area contributed by atoms with Crippen molar-refractivity contribution in [2.45, 2.75) is 26.7 Å². The lowest BCUT2D eigenvalue weighted by Crippen LogP contribution is -3.00. The van der Waals surface area contributed by atoms with E-state index in [2.05, 4.69) is 47.9 Å². The third-order valence-electron chi connectivity index (χ3n) is 6.47. The van der Waals surface area contributed by atoms with Crippen molar-refractivity contribution in [2.24, 2.45) is 0 Å². The maximum absolute atomic E-state index is 5.38. The minimum absolute atomic E-state index is 0. The third kappa shape index (κ3) is 8.31. The van der Waals surface area contributed by atoms with Gasteiger partial charge in [0.05, 0.1) is 26.4 Å². The summed E-state index contributed by atoms with van der Waals surface area (Å²) in [6.45, 7) is 10.4. The number of nitrogens with zero attached hydrogens (tertiary/aromatic N) is 3. The molecule has 206 valence electrons. The maximum Gasteiger partial charge on any atom is 0.259 e. The lowest BCUT2D eigenvalue weighted by molar-refractivity contribution is -0.00000888. The highest BCUT2D eigenvalue weighted by Gasteiger charge is 2.22. The zero-order valence-corrected chi connectivity index (χ0v) is 26.1. The molecule has 0 saturated heterocycles. The molecule has 1 aromatic heterocycles. The van der Waals surface area contributed by atoms with E-state index < -0.39 is 0 Å². The van der Waals surface area contributed by atoms with E-state index in [4.69, 9.17) is 23.9 Å². The van der Waals surface area contributed by atoms with Crippen molar-refractivity contribution < 1.29 is 42.9 Å². The quantitative estimate of drug-likeness (QED) is 0.135. The Balaban J connectivity index is 0.00000481. The first kappa shape index (κ1) is 31.8. The minimum Gasteiger partial charge on any atom is -1.00 e. The second-order valence-electron chi connectivity index (χ2n) is 8.77. The van der Waals surface area contributed by atoms with Crippen LogP contribution >= 0.6 is 11.3 Å². The van der Waals surface area contributed by atoms with Crippen molar-refractivity contribution in [3.8, 4) is 0 Å². The van der Waals surface area contributed by atoms with Crippen LogP contribution in [0, 0.1) is 0 Å². The Bertz CT molecular complexity index is 1020. The predicted octanol–water partition coefficient (Wildman–Crippen LogP) is 2.06. The van der Waals surface area contributed by atoms with Crippen LogP contribution in [-0.2, 0) is 31.8 Å². The summed E-state index contributed by atoms with van der Waals surface area (Å²) in [6.07, 6.45) is 1.86. The fraction of sp³-hybridized carbons (Fsp3) is 0.571. The number of halogens is 1. The van der Waals surface area contributed by atoms with Gasteiger partial charge in [-0.3, -0.25) is 0 Å². The highest BCUT2D eigenvalue weighted by molar-refractivity contribution is 7.24. The highest BCUT2D eigenvalue weighted by Crippen LogP contribution is 2.35. The highest BCUT2D eigenvalue weighted by atomic mass is 127. The minimum atomic E-state index is 0. The van der Waals surface area contributed by atoms with E-state index >= 15 is 0 Å². The number of benzene rings is 2. The summed E-state index contributed by atoms with van der Waals surface area (Å²) in [6, 6.07) is 9.14. The Morgan fingerprint density at radius 2 is 0.973 bits per heavy atom. The van der Waals surface area contributed by atoms with Crippen LogP contribution in [0.3, 0.4) is 0 Å². The van der Waals surface area contributed by atoms with Crippen LogP contribution in [-0.4, -0.2) is 86.0 Å². The lowest BCUT2D eigenvalue weighted by Gasteiger charge is -2.25. The normalized spacial score (nSPS) is 11.2. The number of fused-ring (bicyclic) bond motifs is 2. The molecular weight excluding hydrogens is 601 g/mol. The summed E-state index contributed by atoms with van der Waals surface area (Å²) in [7, 11) is 6.98. The smallest absolute Gasteiger partial charge is 0.259 e. The van der Waals surface area contributed by atoms with Crippen LogP contribution in [0.1, 0.15) is 25.0 Å². The first-order valence-corrected chi connectivity index (χ1v) is 13.6. The van der Waals surface area contributed by atoms with Crippen molar-refractivity contribution in [1.82, 2.24) is 4.98 Å². The zero-order valence-electron chi connectivity index (χ0n) is 23.1. The summed E-state index contributed by atoms with van der Waals surface area (Å²) in [5.74, 6) is 0. The summed E-state index contributed by atoms with van der Waals surface area (Å²) in [5, 5.41) is 0. The molecular formula is C28H42IN3O4S. The van der Waals surface area contributed by atoms with Crippen molar-refractivity contribution >= 4 is 43.1 Å². The van der Waals surface area contributed by atoms with Crippen molar-refractivity contribution in [3.05, 3.63) is 35.4 Å². The van der Waals surface area contributed by atoms with Crippen molar-refractivity contribution in [1.29, 1.82) is 0 Å². The molecule has 3 rings (SSSR count). The van der Waals surface area contributed by atoms with Gasteiger partial charge in [-0.15, -0.1) is 0 Å². The molecule has 0 aliphatic rings. The predicted molar refractivity (Wildman–Crippen MR) is 152 cm³/mol. The van der Waals surface area contributed by atoms with E-state index in [1.807, 2.05) is 11.3 Å². The molecule has 0 bridgehead atoms. The summed E-state index contributed by atoms with van der Waals surface area (Å²) >= 11 is 1.83. The van der Waals surface area contributed by atoms with Gasteiger partial charge in [-0.25, -0.2) is 4.98 Å². The molecule has 0 atom stereocenters. The number of anilines is 2. The fourth-order valence-corrected chi connectivity index (χ4v) is 5.53. The standard InChI is InChI=1S/C28H42N3O4S.HI/c1-7-21-17-23(30(9-13-32-3)10-14-33-4)19-25-27(21)29-28-22(8-2)18-24(20-26(28)36-25)31(11-15-34-5)12-16-35-6;/h17-20H,7-16H2,1-6H3;1H/q+1;/p-1. The van der Waals surface area contributed by atoms with Crippen LogP contribution in [0.4, 0.5) is 11.4 Å². The summed E-state index contributed by atoms with van der Waals surface area (Å²) < 4.78 is 23.9. The van der Waals surface area contributed by atoms with E-state index in [9.17, 15) is 0 Å². The largest absolute Gasteiger partial charge is 1.00 e. The Morgan fingerprint density at radius 3 is 1.27 bits per heavy atom. The number of aryl methyl sites for hydroxylation is 2. The van der Waals surface area contributed by atoms with Gasteiger partial charge in [0.2, 0.25) is 11.3 Å². The number of hydrogen-bond donors (Lipinski definition) is 0. The number of aromatic nitrogens is 1. The first-order chi connectivity index (χ1) is 17.6. The van der Waals surface area contributed by atoms with Gasteiger partial charge in [-0.1, -0.05) is 13.8 Å². The lowest BCUT2D eigenvalue weighted by atomic mass is 10.1. The molecule has 3 aromatic rings. The van der Waals surface area contributed by atoms with Gasteiger partial charge >= 0.3 is 0 Å². The van der Waals surface area contributed by atoms with Gasteiger partial charge in [0, 0.05) is 78.1 Å². The van der Waals surface area contributed by atoms with E-state index in [-0.39, 0.29) is 24.0 Å². The number of hydrogen-bond acceptors (Lipinski definition) is 7. The monoisotopic (exact) mass is 643 g/mol. The molecule has 9 heteroatoms. The molecule has 0 N–H and O–H groups in total. The Morgan fingerprint density at radius 1 is 0.622 bits per heavy atom. The number of rotatable bonds is 16. The van der Waals surface area contributed by atoms with E-state index in [0.29, 0.717) is 26.4 Å². The molecule has 0 unspecified atom stereocenters. The van der Waals surface area contributed by atoms with Crippen molar-refractivity contribution in [3.63, 3.8) is 0 Å². The van der Waals surface area contributed by atoms with E-state index in [0.717, 1.165) is 50.1 Å². The van der Waals surface area contributed by atoms with Crippen LogP contribution in [0.5, 0.6) is 0 Å². The van der Waals surface area contributed by atoms with Gasteiger partial charge in [-0.05, 0) is 36.1 Å². The molecule has 37 heavy (non-hydrogen) atoms. The molecule has 0 fully saturated rings. The van der Waals surface area contributed by atoms with Crippen LogP contribution in [0.15, 0.2) is 24.3 Å². The summed E-state index contributed by atoms with van der Waals surface area (Å²) in [5.41, 5.74) is 7.14. The molecule has 1 heterocycles. The van der Waals surface area contributed by atoms with E-state index in [1.165, 1.54) is 31.9 Å². The molecule has 0 saturated carbocycles. The number of methoxy groups -OCH3 is 4. The SMILES string of the molecule is CCc1cc(N(CCOC)CCOC)cc2[s+]c3cc(N(CCOC)CCOC)cc(CC)c3nc12.[I-]. The molecule has 0 aliphatic heterocycles. The van der Waals surface area contributed by atoms with Crippen LogP contribution in [0.2, 0.25) is 0 Å². The molecule has 7 nitrogen and oxygen atoms in total. The maximum atomic E-state index is 5.38. The Hall–Kier alpha value is -1.37. The van der Waals surface area contributed by atoms with Gasteiger partial charge in [-0.2, -0.15) is 0 Å². The van der Waals surface area contributed by atoms with Gasteiger partial charge < -0.3 is 52.7 Å². The molecule has 0 aliphatic carbocycles. The Kier molecular flexibility index (Phi) is 14.3. The number of ether oxygens (including phenoxy) is 4. The van der Waals surface area contributed by atoms with Gasteiger partial charge in [0.15, 0.2) is 0 Å². The molecule has 0 radical (unpaired) electrons. The van der Waals surface area contributed by atoms with Gasteiger partial charge in [0.25, 0.3) is 9.40 Å². The first-order valence-electron chi connectivity index (χ1n) is 12.8. The Labute approximate surface area is 243 Å². The van der Waals surface area contributed by atoms with E-state index in [1.54, 1.807) is 28.4 Å². The summed E-state index contributed by atoms with van der Waals surface area (Å²) in [4.78, 5) is 9.93. The second kappa shape index (κ2) is 16.6. The van der Waals surface area contributed by atoms with Crippen LogP contribution in [0.25, 0.3) is 20.4 Å². The fourth-order valence-electron chi connectivity index (χ4n) is 4.39. The third-order valence-corrected chi connectivity index (χ3v) is 7.54. The van der Waals surface area contributed by atoms with Crippen LogP contribution < -0.4 is 33.8 Å². The van der Waals surface area contributed by atoms with Gasteiger partial charge in [0.1, 0.15) is 11.0 Å². The molecule has 0 amide bonds. The zero-order chi connectivity index (χ0) is 25.9.